The van der Waals surface area contributed by atoms with Gasteiger partial charge in [0, 0.05) is 19.8 Å². The summed E-state index contributed by atoms with van der Waals surface area (Å²) in [6.45, 7) is -0.126. The first-order chi connectivity index (χ1) is 14.5. The monoisotopic (exact) mass is 468 g/mol. The Morgan fingerprint density at radius 2 is 1.55 bits per heavy atom. The van der Waals surface area contributed by atoms with E-state index in [1.54, 1.807) is 38.4 Å². The number of rotatable bonds is 9. The van der Waals surface area contributed by atoms with Crippen molar-refractivity contribution in [3.63, 3.8) is 0 Å². The van der Waals surface area contributed by atoms with Crippen LogP contribution in [0.4, 0.5) is 11.4 Å². The van der Waals surface area contributed by atoms with Crippen molar-refractivity contribution >= 4 is 44.8 Å². The van der Waals surface area contributed by atoms with E-state index in [1.165, 1.54) is 37.2 Å². The molecular weight excluding hydrogens is 444 g/mol. The van der Waals surface area contributed by atoms with Crippen LogP contribution >= 0.6 is 11.6 Å². The van der Waals surface area contributed by atoms with Crippen molar-refractivity contribution in [2.45, 2.75) is 4.90 Å². The first-order valence-corrected chi connectivity index (χ1v) is 11.0. The molecule has 0 heterocycles. The minimum absolute atomic E-state index is 0.00410. The number of amides is 2. The van der Waals surface area contributed by atoms with Crippen LogP contribution in [0.25, 0.3) is 0 Å². The van der Waals surface area contributed by atoms with Crippen LogP contribution in [0.1, 0.15) is 0 Å². The fourth-order valence-electron chi connectivity index (χ4n) is 2.58. The van der Waals surface area contributed by atoms with Gasteiger partial charge in [0.1, 0.15) is 5.75 Å². The van der Waals surface area contributed by atoms with Crippen molar-refractivity contribution in [1.82, 2.24) is 9.21 Å². The molecule has 0 fully saturated rings. The molecule has 31 heavy (non-hydrogen) atoms. The summed E-state index contributed by atoms with van der Waals surface area (Å²) in [5.41, 5.74) is 0.778. The maximum atomic E-state index is 12.4. The Labute approximate surface area is 187 Å². The molecule has 0 aliphatic heterocycles. The highest BCUT2D eigenvalue weighted by Crippen LogP contribution is 2.26. The molecule has 0 unspecified atom stereocenters. The van der Waals surface area contributed by atoms with E-state index in [0.29, 0.717) is 11.4 Å². The van der Waals surface area contributed by atoms with Crippen LogP contribution in [-0.4, -0.2) is 70.8 Å². The summed E-state index contributed by atoms with van der Waals surface area (Å²) in [5, 5.41) is 5.52. The summed E-state index contributed by atoms with van der Waals surface area (Å²) < 4.78 is 30.7. The van der Waals surface area contributed by atoms with Crippen molar-refractivity contribution in [3.8, 4) is 5.75 Å². The van der Waals surface area contributed by atoms with Crippen molar-refractivity contribution in [2.75, 3.05) is 52.0 Å². The summed E-state index contributed by atoms with van der Waals surface area (Å²) in [4.78, 5) is 26.1. The molecule has 2 aromatic rings. The zero-order valence-corrected chi connectivity index (χ0v) is 19.2. The Hall–Kier alpha value is -2.66. The number of anilines is 2. The van der Waals surface area contributed by atoms with E-state index in [-0.39, 0.29) is 34.6 Å². The molecule has 2 aromatic carbocycles. The fraction of sp³-hybridized carbons (Fsp3) is 0.300. The highest BCUT2D eigenvalue weighted by atomic mass is 35.5. The van der Waals surface area contributed by atoms with Crippen LogP contribution < -0.4 is 15.4 Å². The second-order valence-corrected chi connectivity index (χ2v) is 9.49. The Morgan fingerprint density at radius 1 is 0.968 bits per heavy atom. The predicted molar refractivity (Wildman–Crippen MR) is 120 cm³/mol. The second-order valence-electron chi connectivity index (χ2n) is 6.93. The number of carbonyl (C=O) groups is 2. The van der Waals surface area contributed by atoms with Gasteiger partial charge in [0.15, 0.2) is 0 Å². The highest BCUT2D eigenvalue weighted by molar-refractivity contribution is 7.89. The molecule has 2 amide bonds. The molecule has 0 spiro atoms. The van der Waals surface area contributed by atoms with Gasteiger partial charge < -0.3 is 15.4 Å². The average molecular weight is 469 g/mol. The highest BCUT2D eigenvalue weighted by Gasteiger charge is 2.19. The number of methoxy groups -OCH3 is 1. The van der Waals surface area contributed by atoms with Gasteiger partial charge in [-0.1, -0.05) is 11.6 Å². The lowest BCUT2D eigenvalue weighted by atomic mass is 10.3. The molecule has 0 aliphatic carbocycles. The molecule has 0 saturated heterocycles. The smallest absolute Gasteiger partial charge is 0.242 e. The summed E-state index contributed by atoms with van der Waals surface area (Å²) in [5.74, 6) is -0.0634. The zero-order valence-electron chi connectivity index (χ0n) is 17.7. The number of likely N-dealkylation sites (N-methyl/N-ethyl adjacent to an activating group) is 1. The van der Waals surface area contributed by atoms with E-state index in [4.69, 9.17) is 16.3 Å². The van der Waals surface area contributed by atoms with Gasteiger partial charge >= 0.3 is 0 Å². The molecule has 11 heteroatoms. The average Bonchev–Trinajstić information content (AvgIpc) is 2.69. The van der Waals surface area contributed by atoms with Gasteiger partial charge in [0.05, 0.1) is 35.8 Å². The third-order valence-corrected chi connectivity index (χ3v) is 6.33. The third-order valence-electron chi connectivity index (χ3n) is 4.19. The van der Waals surface area contributed by atoms with Gasteiger partial charge in [-0.15, -0.1) is 0 Å². The number of nitrogens with zero attached hydrogens (tertiary/aromatic N) is 2. The first-order valence-electron chi connectivity index (χ1n) is 9.17. The normalized spacial score (nSPS) is 11.5. The van der Waals surface area contributed by atoms with Gasteiger partial charge in [-0.25, -0.2) is 12.7 Å². The van der Waals surface area contributed by atoms with Crippen molar-refractivity contribution in [1.29, 1.82) is 0 Å². The Bertz CT molecular complexity index is 1040. The van der Waals surface area contributed by atoms with Crippen LogP contribution in [-0.2, 0) is 19.6 Å². The molecular formula is C20H25ClN4O5S. The number of hydrogen-bond acceptors (Lipinski definition) is 6. The number of sulfonamides is 1. The molecule has 2 rings (SSSR count). The number of benzene rings is 2. The maximum Gasteiger partial charge on any atom is 0.242 e. The largest absolute Gasteiger partial charge is 0.497 e. The molecule has 0 aromatic heterocycles. The number of carbonyl (C=O) groups excluding carboxylic acids is 2. The first kappa shape index (κ1) is 24.6. The third kappa shape index (κ3) is 6.93. The van der Waals surface area contributed by atoms with Crippen LogP contribution in [0.3, 0.4) is 0 Å². The summed E-state index contributed by atoms with van der Waals surface area (Å²) in [6, 6.07) is 10.9. The van der Waals surface area contributed by atoms with Crippen LogP contribution in [0.5, 0.6) is 5.75 Å². The predicted octanol–water partition coefficient (Wildman–Crippen LogP) is 2.11. The van der Waals surface area contributed by atoms with Crippen LogP contribution in [0.15, 0.2) is 47.4 Å². The Kier molecular flexibility index (Phi) is 8.40. The van der Waals surface area contributed by atoms with Gasteiger partial charge in [-0.05, 0) is 49.5 Å². The van der Waals surface area contributed by atoms with Crippen LogP contribution in [0.2, 0.25) is 5.02 Å². The quantitative estimate of drug-likeness (QED) is 0.583. The molecule has 0 radical (unpaired) electrons. The molecule has 0 bridgehead atoms. The summed E-state index contributed by atoms with van der Waals surface area (Å²) in [6.07, 6.45) is 0. The standard InChI is InChI=1S/C20H25ClN4O5S/c1-24(2)31(28,29)16-9-10-17(21)18(11-16)23-20(27)13-25(3)12-19(26)22-14-5-7-15(30-4)8-6-14/h5-11H,12-13H2,1-4H3,(H,22,26)(H,23,27). The van der Waals surface area contributed by atoms with E-state index in [1.807, 2.05) is 0 Å². The minimum Gasteiger partial charge on any atom is -0.497 e. The number of halogens is 1. The molecule has 0 saturated carbocycles. The van der Waals surface area contributed by atoms with Gasteiger partial charge in [-0.3, -0.25) is 14.5 Å². The van der Waals surface area contributed by atoms with E-state index >= 15 is 0 Å². The molecule has 2 N–H and O–H groups in total. The van der Waals surface area contributed by atoms with E-state index in [9.17, 15) is 18.0 Å². The minimum atomic E-state index is -3.67. The van der Waals surface area contributed by atoms with Crippen molar-refractivity contribution < 1.29 is 22.7 Å². The van der Waals surface area contributed by atoms with Crippen molar-refractivity contribution in [3.05, 3.63) is 47.5 Å². The summed E-state index contributed by atoms with van der Waals surface area (Å²) in [7, 11) is 2.32. The number of hydrogen-bond donors (Lipinski definition) is 2. The van der Waals surface area contributed by atoms with Crippen molar-refractivity contribution in [2.24, 2.45) is 0 Å². The SMILES string of the molecule is COc1ccc(NC(=O)CN(C)CC(=O)Nc2cc(S(=O)(=O)N(C)C)ccc2Cl)cc1. The second kappa shape index (κ2) is 10.6. The number of ether oxygens (including phenoxy) is 1. The lowest BCUT2D eigenvalue weighted by Gasteiger charge is -2.17. The number of nitrogens with one attached hydrogen (secondary N) is 2. The van der Waals surface area contributed by atoms with Gasteiger partial charge in [0.25, 0.3) is 0 Å². The molecule has 0 atom stereocenters. The van der Waals surface area contributed by atoms with Gasteiger partial charge in [0.2, 0.25) is 21.8 Å². The van der Waals surface area contributed by atoms with E-state index in [0.717, 1.165) is 4.31 Å². The lowest BCUT2D eigenvalue weighted by Crippen LogP contribution is -2.36. The topological polar surface area (TPSA) is 108 Å². The lowest BCUT2D eigenvalue weighted by molar-refractivity contribution is -0.119. The zero-order chi connectivity index (χ0) is 23.2. The Morgan fingerprint density at radius 3 is 2.10 bits per heavy atom. The maximum absolute atomic E-state index is 12.4. The van der Waals surface area contributed by atoms with Gasteiger partial charge in [-0.2, -0.15) is 0 Å². The van der Waals surface area contributed by atoms with Crippen LogP contribution in [0, 0.1) is 0 Å². The Balaban J connectivity index is 1.95. The molecule has 168 valence electrons. The van der Waals surface area contributed by atoms with E-state index in [2.05, 4.69) is 10.6 Å². The molecule has 0 aliphatic rings. The van der Waals surface area contributed by atoms with E-state index < -0.39 is 15.9 Å². The summed E-state index contributed by atoms with van der Waals surface area (Å²) >= 11 is 6.09. The molecule has 9 nitrogen and oxygen atoms in total. The fourth-order valence-corrected chi connectivity index (χ4v) is 3.68.